The molecule has 1 heterocycles. The van der Waals surface area contributed by atoms with E-state index in [0.717, 1.165) is 19.5 Å². The molecule has 0 aliphatic carbocycles. The van der Waals surface area contributed by atoms with Gasteiger partial charge in [0.15, 0.2) is 0 Å². The number of aryl methyl sites for hydroxylation is 1. The molecular weight excluding hydrogens is 248 g/mol. The number of hydrogen-bond acceptors (Lipinski definition) is 2. The molecule has 1 aliphatic rings. The first-order valence-corrected chi connectivity index (χ1v) is 7.51. The van der Waals surface area contributed by atoms with Crippen LogP contribution < -0.4 is 5.32 Å². The van der Waals surface area contributed by atoms with Gasteiger partial charge in [-0.05, 0) is 31.9 Å². The summed E-state index contributed by atoms with van der Waals surface area (Å²) in [4.78, 5) is 14.2. The fourth-order valence-electron chi connectivity index (χ4n) is 2.96. The van der Waals surface area contributed by atoms with Crippen LogP contribution in [0.4, 0.5) is 0 Å². The van der Waals surface area contributed by atoms with E-state index in [4.69, 9.17) is 0 Å². The molecule has 2 rings (SSSR count). The molecular formula is C17H26N2O. The number of nitrogens with one attached hydrogen (secondary N) is 1. The molecule has 1 fully saturated rings. The fourth-order valence-corrected chi connectivity index (χ4v) is 2.96. The Kier molecular flexibility index (Phi) is 4.81. The zero-order valence-electron chi connectivity index (χ0n) is 13.0. The summed E-state index contributed by atoms with van der Waals surface area (Å²) in [6, 6.07) is 8.99. The molecule has 1 aromatic rings. The van der Waals surface area contributed by atoms with Crippen LogP contribution in [0.1, 0.15) is 37.3 Å². The number of benzene rings is 1. The molecule has 20 heavy (non-hydrogen) atoms. The Labute approximate surface area is 122 Å². The molecule has 110 valence electrons. The molecule has 0 radical (unpaired) electrons. The van der Waals surface area contributed by atoms with Crippen molar-refractivity contribution in [1.82, 2.24) is 10.2 Å². The van der Waals surface area contributed by atoms with E-state index in [0.29, 0.717) is 5.92 Å². The minimum absolute atomic E-state index is 0.0552. The number of carbonyl (C=O) groups is 1. The Balaban J connectivity index is 2.06. The van der Waals surface area contributed by atoms with E-state index in [9.17, 15) is 4.79 Å². The van der Waals surface area contributed by atoms with Crippen LogP contribution in [0.25, 0.3) is 0 Å². The summed E-state index contributed by atoms with van der Waals surface area (Å²) in [6.07, 6.45) is 1.03. The van der Waals surface area contributed by atoms with Crippen LogP contribution in [0.3, 0.4) is 0 Å². The van der Waals surface area contributed by atoms with E-state index in [1.54, 1.807) is 0 Å². The Morgan fingerprint density at radius 2 is 2.10 bits per heavy atom. The molecule has 1 saturated heterocycles. The largest absolute Gasteiger partial charge is 0.352 e. The van der Waals surface area contributed by atoms with Crippen LogP contribution in [0.15, 0.2) is 24.3 Å². The highest BCUT2D eigenvalue weighted by molar-refractivity contribution is 5.78. The van der Waals surface area contributed by atoms with Gasteiger partial charge in [-0.15, -0.1) is 0 Å². The van der Waals surface area contributed by atoms with Crippen LogP contribution in [-0.2, 0) is 4.79 Å². The summed E-state index contributed by atoms with van der Waals surface area (Å²) < 4.78 is 0. The van der Waals surface area contributed by atoms with Crippen LogP contribution in [-0.4, -0.2) is 37.0 Å². The molecule has 1 N–H and O–H groups in total. The predicted molar refractivity (Wildman–Crippen MR) is 82.8 cm³/mol. The van der Waals surface area contributed by atoms with Crippen molar-refractivity contribution in [1.29, 1.82) is 0 Å². The van der Waals surface area contributed by atoms with Gasteiger partial charge < -0.3 is 10.2 Å². The van der Waals surface area contributed by atoms with E-state index in [1.807, 2.05) is 13.8 Å². The van der Waals surface area contributed by atoms with Crippen LogP contribution in [0.5, 0.6) is 0 Å². The first-order chi connectivity index (χ1) is 9.45. The Bertz CT molecular complexity index is 470. The van der Waals surface area contributed by atoms with Gasteiger partial charge in [0.1, 0.15) is 0 Å². The van der Waals surface area contributed by atoms with Crippen LogP contribution >= 0.6 is 0 Å². The molecule has 0 saturated carbocycles. The molecule has 0 spiro atoms. The third-order valence-corrected chi connectivity index (χ3v) is 4.02. The lowest BCUT2D eigenvalue weighted by Gasteiger charge is -2.36. The number of carbonyl (C=O) groups excluding carboxylic acids is 1. The number of likely N-dealkylation sites (N-methyl/N-ethyl adjacent to an activating group) is 1. The van der Waals surface area contributed by atoms with E-state index >= 15 is 0 Å². The standard InChI is InChI=1S/C17H26N2O/c1-12(2)17(20)18-16-9-15(10-19(4)11-16)14-7-5-6-13(3)8-14/h5-8,12,15-16H,9-11H2,1-4H3,(H,18,20). The normalized spacial score (nSPS) is 23.9. The minimum Gasteiger partial charge on any atom is -0.352 e. The Hall–Kier alpha value is -1.35. The van der Waals surface area contributed by atoms with Gasteiger partial charge in [-0.3, -0.25) is 4.79 Å². The van der Waals surface area contributed by atoms with E-state index in [-0.39, 0.29) is 17.9 Å². The Morgan fingerprint density at radius 1 is 1.35 bits per heavy atom. The lowest BCUT2D eigenvalue weighted by Crippen LogP contribution is -2.49. The molecule has 2 atom stereocenters. The Morgan fingerprint density at radius 3 is 2.75 bits per heavy atom. The van der Waals surface area contributed by atoms with Crippen molar-refractivity contribution in [3.8, 4) is 0 Å². The van der Waals surface area contributed by atoms with Crippen LogP contribution in [0.2, 0.25) is 0 Å². The summed E-state index contributed by atoms with van der Waals surface area (Å²) >= 11 is 0. The molecule has 2 unspecified atom stereocenters. The maximum atomic E-state index is 11.9. The summed E-state index contributed by atoms with van der Waals surface area (Å²) in [5.74, 6) is 0.721. The smallest absolute Gasteiger partial charge is 0.222 e. The number of nitrogens with zero attached hydrogens (tertiary/aromatic N) is 1. The molecule has 1 aromatic carbocycles. The second-order valence-corrected chi connectivity index (χ2v) is 6.43. The summed E-state index contributed by atoms with van der Waals surface area (Å²) in [7, 11) is 2.14. The van der Waals surface area contributed by atoms with Crippen molar-refractivity contribution in [2.45, 2.75) is 39.2 Å². The van der Waals surface area contributed by atoms with Gasteiger partial charge in [-0.25, -0.2) is 0 Å². The van der Waals surface area contributed by atoms with Gasteiger partial charge in [0.25, 0.3) is 0 Å². The van der Waals surface area contributed by atoms with Crippen molar-refractivity contribution in [3.63, 3.8) is 0 Å². The average Bonchev–Trinajstić information content (AvgIpc) is 2.37. The van der Waals surface area contributed by atoms with Gasteiger partial charge in [0.2, 0.25) is 5.91 Å². The third-order valence-electron chi connectivity index (χ3n) is 4.02. The summed E-state index contributed by atoms with van der Waals surface area (Å²) in [5, 5.41) is 3.18. The minimum atomic E-state index is 0.0552. The fraction of sp³-hybridized carbons (Fsp3) is 0.588. The number of amides is 1. The summed E-state index contributed by atoms with van der Waals surface area (Å²) in [6.45, 7) is 8.03. The number of rotatable bonds is 3. The molecule has 1 amide bonds. The molecule has 0 bridgehead atoms. The second-order valence-electron chi connectivity index (χ2n) is 6.43. The van der Waals surface area contributed by atoms with Gasteiger partial charge >= 0.3 is 0 Å². The lowest BCUT2D eigenvalue weighted by molar-refractivity contribution is -0.125. The molecule has 3 nitrogen and oxygen atoms in total. The maximum Gasteiger partial charge on any atom is 0.222 e. The highest BCUT2D eigenvalue weighted by atomic mass is 16.1. The highest BCUT2D eigenvalue weighted by Gasteiger charge is 2.27. The van der Waals surface area contributed by atoms with Crippen molar-refractivity contribution >= 4 is 5.91 Å². The van der Waals surface area contributed by atoms with Gasteiger partial charge in [-0.2, -0.15) is 0 Å². The zero-order valence-corrected chi connectivity index (χ0v) is 13.0. The van der Waals surface area contributed by atoms with E-state index in [1.165, 1.54) is 11.1 Å². The number of piperidine rings is 1. The number of likely N-dealkylation sites (tertiary alicyclic amines) is 1. The second kappa shape index (κ2) is 6.40. The topological polar surface area (TPSA) is 32.3 Å². The van der Waals surface area contributed by atoms with Gasteiger partial charge in [0.05, 0.1) is 0 Å². The average molecular weight is 274 g/mol. The quantitative estimate of drug-likeness (QED) is 0.918. The van der Waals surface area contributed by atoms with Crippen molar-refractivity contribution in [2.75, 3.05) is 20.1 Å². The van der Waals surface area contributed by atoms with Crippen molar-refractivity contribution < 1.29 is 4.79 Å². The molecule has 0 aromatic heterocycles. The van der Waals surface area contributed by atoms with Crippen LogP contribution in [0, 0.1) is 12.8 Å². The predicted octanol–water partition coefficient (Wildman–Crippen LogP) is 2.55. The van der Waals surface area contributed by atoms with E-state index < -0.39 is 0 Å². The first-order valence-electron chi connectivity index (χ1n) is 7.51. The highest BCUT2D eigenvalue weighted by Crippen LogP contribution is 2.27. The third kappa shape index (κ3) is 3.83. The van der Waals surface area contributed by atoms with Gasteiger partial charge in [-0.1, -0.05) is 43.7 Å². The van der Waals surface area contributed by atoms with Gasteiger partial charge in [0, 0.05) is 25.0 Å². The van der Waals surface area contributed by atoms with Crippen molar-refractivity contribution in [2.24, 2.45) is 5.92 Å². The van der Waals surface area contributed by atoms with Crippen molar-refractivity contribution in [3.05, 3.63) is 35.4 Å². The summed E-state index contributed by atoms with van der Waals surface area (Å²) in [5.41, 5.74) is 2.69. The lowest BCUT2D eigenvalue weighted by atomic mass is 9.87. The number of hydrogen-bond donors (Lipinski definition) is 1. The monoisotopic (exact) mass is 274 g/mol. The SMILES string of the molecule is Cc1cccc(C2CC(NC(=O)C(C)C)CN(C)C2)c1. The molecule has 1 aliphatic heterocycles. The first kappa shape index (κ1) is 15.0. The maximum absolute atomic E-state index is 11.9. The molecule has 3 heteroatoms. The zero-order chi connectivity index (χ0) is 14.7. The van der Waals surface area contributed by atoms with E-state index in [2.05, 4.69) is 48.5 Å².